The Morgan fingerprint density at radius 3 is 2.38 bits per heavy atom. The standard InChI is InChI=1S/C22H24N4O3/c27-17-21-20(7-4-12-26(21)19-5-2-1-3-6-19)22(28)29-25-15-13-24(14-16-25)18-8-10-23-11-9-18/h1-3,5-6,8-11,20H,4,7,12-16H2. The third kappa shape index (κ3) is 4.31. The molecule has 0 N–H and O–H groups in total. The third-order valence-corrected chi connectivity index (χ3v) is 5.44. The van der Waals surface area contributed by atoms with Crippen molar-refractivity contribution in [2.75, 3.05) is 42.5 Å². The molecule has 2 aliphatic heterocycles. The lowest BCUT2D eigenvalue weighted by molar-refractivity contribution is -0.196. The Labute approximate surface area is 170 Å². The normalized spacial score (nSPS) is 20.3. The summed E-state index contributed by atoms with van der Waals surface area (Å²) < 4.78 is 0. The van der Waals surface area contributed by atoms with E-state index in [2.05, 4.69) is 9.88 Å². The highest BCUT2D eigenvalue weighted by Crippen LogP contribution is 2.31. The molecular formula is C22H24N4O3. The van der Waals surface area contributed by atoms with Crippen molar-refractivity contribution in [3.8, 4) is 0 Å². The number of piperazine rings is 1. The molecule has 1 unspecified atom stereocenters. The number of carbonyl (C=O) groups is 1. The minimum absolute atomic E-state index is 0.364. The second-order valence-corrected chi connectivity index (χ2v) is 7.20. The molecule has 4 rings (SSSR count). The molecule has 1 aromatic carbocycles. The summed E-state index contributed by atoms with van der Waals surface area (Å²) in [7, 11) is 0. The second-order valence-electron chi connectivity index (χ2n) is 7.20. The first-order valence-corrected chi connectivity index (χ1v) is 9.95. The summed E-state index contributed by atoms with van der Waals surface area (Å²) in [4.78, 5) is 38.4. The van der Waals surface area contributed by atoms with E-state index in [0.29, 0.717) is 31.8 Å². The van der Waals surface area contributed by atoms with Gasteiger partial charge < -0.3 is 14.6 Å². The zero-order valence-corrected chi connectivity index (χ0v) is 16.2. The van der Waals surface area contributed by atoms with Crippen molar-refractivity contribution < 1.29 is 14.4 Å². The lowest BCUT2D eigenvalue weighted by Crippen LogP contribution is -2.48. The Morgan fingerprint density at radius 2 is 1.69 bits per heavy atom. The quantitative estimate of drug-likeness (QED) is 0.740. The molecule has 150 valence electrons. The summed E-state index contributed by atoms with van der Waals surface area (Å²) in [5, 5.41) is 1.70. The second kappa shape index (κ2) is 8.90. The van der Waals surface area contributed by atoms with Gasteiger partial charge in [0.05, 0.1) is 13.1 Å². The fourth-order valence-electron chi connectivity index (χ4n) is 3.91. The first-order chi connectivity index (χ1) is 14.3. The molecule has 2 aliphatic rings. The van der Waals surface area contributed by atoms with Gasteiger partial charge in [0.25, 0.3) is 0 Å². The molecular weight excluding hydrogens is 368 g/mol. The van der Waals surface area contributed by atoms with Crippen molar-refractivity contribution in [2.45, 2.75) is 12.8 Å². The van der Waals surface area contributed by atoms with Crippen molar-refractivity contribution in [3.05, 3.63) is 60.6 Å². The largest absolute Gasteiger partial charge is 0.369 e. The minimum Gasteiger partial charge on any atom is -0.369 e. The molecule has 7 heteroatoms. The Morgan fingerprint density at radius 1 is 0.966 bits per heavy atom. The Hall–Kier alpha value is -3.15. The molecule has 0 saturated carbocycles. The van der Waals surface area contributed by atoms with Gasteiger partial charge in [-0.25, -0.2) is 9.59 Å². The Balaban J connectivity index is 1.37. The first kappa shape index (κ1) is 19.2. The molecule has 0 bridgehead atoms. The van der Waals surface area contributed by atoms with E-state index in [-0.39, 0.29) is 5.97 Å². The fourth-order valence-corrected chi connectivity index (χ4v) is 3.91. The van der Waals surface area contributed by atoms with Crippen LogP contribution in [0.3, 0.4) is 0 Å². The summed E-state index contributed by atoms with van der Waals surface area (Å²) in [6, 6.07) is 13.6. The molecule has 0 aliphatic carbocycles. The van der Waals surface area contributed by atoms with E-state index in [1.807, 2.05) is 53.3 Å². The number of hydroxylamine groups is 2. The Kier molecular flexibility index (Phi) is 5.89. The molecule has 3 heterocycles. The number of aromatic nitrogens is 1. The number of pyridine rings is 1. The summed E-state index contributed by atoms with van der Waals surface area (Å²) in [6.07, 6.45) is 4.96. The van der Waals surface area contributed by atoms with E-state index in [1.54, 1.807) is 17.5 Å². The number of rotatable bonds is 4. The number of benzene rings is 1. The van der Waals surface area contributed by atoms with Gasteiger partial charge in [-0.3, -0.25) is 4.98 Å². The molecule has 7 nitrogen and oxygen atoms in total. The fraction of sp³-hybridized carbons (Fsp3) is 0.364. The van der Waals surface area contributed by atoms with E-state index in [4.69, 9.17) is 4.84 Å². The van der Waals surface area contributed by atoms with Crippen LogP contribution in [0.15, 0.2) is 60.6 Å². The van der Waals surface area contributed by atoms with Crippen molar-refractivity contribution in [1.82, 2.24) is 10.0 Å². The van der Waals surface area contributed by atoms with Gasteiger partial charge in [0.1, 0.15) is 17.6 Å². The molecule has 1 aromatic heterocycles. The van der Waals surface area contributed by atoms with E-state index in [1.165, 1.54) is 0 Å². The molecule has 2 saturated heterocycles. The van der Waals surface area contributed by atoms with Gasteiger partial charge in [-0.1, -0.05) is 18.2 Å². The summed E-state index contributed by atoms with van der Waals surface area (Å²) in [5.41, 5.74) is 2.38. The van der Waals surface area contributed by atoms with E-state index >= 15 is 0 Å². The lowest BCUT2D eigenvalue weighted by Gasteiger charge is -2.37. The zero-order chi connectivity index (χ0) is 20.1. The SMILES string of the molecule is O=C=C1C(C(=O)ON2CCN(c3ccncc3)CC2)CCCN1c1ccccc1. The number of hydrogen-bond donors (Lipinski definition) is 0. The van der Waals surface area contributed by atoms with Crippen LogP contribution in [0, 0.1) is 5.92 Å². The van der Waals surface area contributed by atoms with Gasteiger partial charge in [-0.2, -0.15) is 0 Å². The van der Waals surface area contributed by atoms with Crippen molar-refractivity contribution >= 4 is 23.3 Å². The number of nitrogens with zero attached hydrogens (tertiary/aromatic N) is 4. The van der Waals surface area contributed by atoms with Crippen LogP contribution in [0.25, 0.3) is 0 Å². The van der Waals surface area contributed by atoms with Crippen molar-refractivity contribution in [3.63, 3.8) is 0 Å². The highest BCUT2D eigenvalue weighted by molar-refractivity contribution is 5.82. The summed E-state index contributed by atoms with van der Waals surface area (Å²) >= 11 is 0. The smallest absolute Gasteiger partial charge is 0.334 e. The number of piperidine rings is 1. The van der Waals surface area contributed by atoms with Crippen LogP contribution in [0.2, 0.25) is 0 Å². The van der Waals surface area contributed by atoms with Crippen LogP contribution in [0.5, 0.6) is 0 Å². The van der Waals surface area contributed by atoms with Gasteiger partial charge in [0.15, 0.2) is 0 Å². The lowest BCUT2D eigenvalue weighted by atomic mass is 9.94. The maximum atomic E-state index is 12.9. The van der Waals surface area contributed by atoms with Crippen LogP contribution >= 0.6 is 0 Å². The van der Waals surface area contributed by atoms with Crippen LogP contribution in [0.4, 0.5) is 11.4 Å². The third-order valence-electron chi connectivity index (χ3n) is 5.44. The van der Waals surface area contributed by atoms with Crippen LogP contribution < -0.4 is 9.80 Å². The van der Waals surface area contributed by atoms with Crippen LogP contribution in [-0.4, -0.2) is 54.7 Å². The molecule has 29 heavy (non-hydrogen) atoms. The number of carbonyl (C=O) groups excluding carboxylic acids is 2. The topological polar surface area (TPSA) is 66.0 Å². The maximum absolute atomic E-state index is 12.9. The van der Waals surface area contributed by atoms with Gasteiger partial charge >= 0.3 is 5.97 Å². The average Bonchev–Trinajstić information content (AvgIpc) is 2.80. The summed E-state index contributed by atoms with van der Waals surface area (Å²) in [5.74, 6) is 1.05. The van der Waals surface area contributed by atoms with Gasteiger partial charge in [-0.05, 0) is 37.1 Å². The molecule has 2 aromatic rings. The van der Waals surface area contributed by atoms with Crippen LogP contribution in [-0.2, 0) is 14.4 Å². The van der Waals surface area contributed by atoms with E-state index in [0.717, 1.165) is 30.9 Å². The average molecular weight is 392 g/mol. The highest BCUT2D eigenvalue weighted by atomic mass is 16.7. The zero-order valence-electron chi connectivity index (χ0n) is 16.2. The monoisotopic (exact) mass is 392 g/mol. The van der Waals surface area contributed by atoms with Gasteiger partial charge in [-0.15, -0.1) is 5.06 Å². The Bertz CT molecular complexity index is 875. The molecule has 0 radical (unpaired) electrons. The van der Waals surface area contributed by atoms with Crippen molar-refractivity contribution in [1.29, 1.82) is 0 Å². The highest BCUT2D eigenvalue weighted by Gasteiger charge is 2.35. The van der Waals surface area contributed by atoms with E-state index < -0.39 is 5.92 Å². The minimum atomic E-state index is -0.584. The molecule has 2 fully saturated rings. The van der Waals surface area contributed by atoms with Gasteiger partial charge in [0.2, 0.25) is 0 Å². The van der Waals surface area contributed by atoms with Crippen LogP contribution in [0.1, 0.15) is 12.8 Å². The van der Waals surface area contributed by atoms with Gasteiger partial charge in [0, 0.05) is 43.4 Å². The summed E-state index contributed by atoms with van der Waals surface area (Å²) in [6.45, 7) is 3.44. The predicted octanol–water partition coefficient (Wildman–Crippen LogP) is 2.29. The number of para-hydroxylation sites is 1. The maximum Gasteiger partial charge on any atom is 0.334 e. The van der Waals surface area contributed by atoms with Crippen molar-refractivity contribution in [2.24, 2.45) is 5.92 Å². The number of hydrogen-bond acceptors (Lipinski definition) is 7. The molecule has 0 amide bonds. The van der Waals surface area contributed by atoms with E-state index in [9.17, 15) is 9.59 Å². The molecule has 0 spiro atoms. The predicted molar refractivity (Wildman–Crippen MR) is 110 cm³/mol. The molecule has 1 atom stereocenters. The first-order valence-electron chi connectivity index (χ1n) is 9.95. The number of anilines is 2.